The molecule has 3 amide bonds. The van der Waals surface area contributed by atoms with E-state index in [1.54, 1.807) is 63.2 Å². The van der Waals surface area contributed by atoms with Gasteiger partial charge in [-0.2, -0.15) is 0 Å². The summed E-state index contributed by atoms with van der Waals surface area (Å²) >= 11 is 0. The quantitative estimate of drug-likeness (QED) is 0.521. The molecule has 0 heterocycles. The standard InChI is InChI=1S/C22H28N4O4/c1-22(2,3)30-21(29)24-12-11-19(27)25-14-15-5-4-6-18(13-15)26-20(28)16-7-9-17(23)10-8-16/h4-10,13H,11-12,14,23H2,1-3H3,(H,24,29)(H,25,27)(H,26,28). The largest absolute Gasteiger partial charge is 0.444 e. The van der Waals surface area contributed by atoms with Crippen molar-refractivity contribution in [1.29, 1.82) is 0 Å². The SMILES string of the molecule is CC(C)(C)OC(=O)NCCC(=O)NCc1cccc(NC(=O)c2ccc(N)cc2)c1. The summed E-state index contributed by atoms with van der Waals surface area (Å²) in [6, 6.07) is 13.8. The molecule has 5 N–H and O–H groups in total. The number of hydrogen-bond acceptors (Lipinski definition) is 5. The number of hydrogen-bond donors (Lipinski definition) is 4. The Balaban J connectivity index is 1.78. The molecular weight excluding hydrogens is 384 g/mol. The Morgan fingerprint density at radius 2 is 1.70 bits per heavy atom. The van der Waals surface area contributed by atoms with Crippen molar-refractivity contribution in [3.05, 3.63) is 59.7 Å². The van der Waals surface area contributed by atoms with Crippen molar-refractivity contribution in [1.82, 2.24) is 10.6 Å². The number of nitrogens with two attached hydrogens (primary N) is 1. The second-order valence-corrected chi connectivity index (χ2v) is 7.73. The van der Waals surface area contributed by atoms with Crippen LogP contribution in [0.15, 0.2) is 48.5 Å². The van der Waals surface area contributed by atoms with Crippen LogP contribution in [0.3, 0.4) is 0 Å². The van der Waals surface area contributed by atoms with Crippen molar-refractivity contribution in [3.63, 3.8) is 0 Å². The minimum atomic E-state index is -0.583. The summed E-state index contributed by atoms with van der Waals surface area (Å²) in [5.41, 5.74) is 7.59. The number of ether oxygens (including phenoxy) is 1. The molecule has 0 atom stereocenters. The fourth-order valence-electron chi connectivity index (χ4n) is 2.48. The van der Waals surface area contributed by atoms with Crippen molar-refractivity contribution >= 4 is 29.3 Å². The number of anilines is 2. The van der Waals surface area contributed by atoms with E-state index in [1.807, 2.05) is 6.07 Å². The normalized spacial score (nSPS) is 10.8. The number of carbonyl (C=O) groups excluding carboxylic acids is 3. The fourth-order valence-corrected chi connectivity index (χ4v) is 2.48. The molecule has 8 heteroatoms. The van der Waals surface area contributed by atoms with Gasteiger partial charge in [-0.15, -0.1) is 0 Å². The lowest BCUT2D eigenvalue weighted by Crippen LogP contribution is -2.35. The molecule has 2 aromatic rings. The first-order valence-electron chi connectivity index (χ1n) is 9.62. The summed E-state index contributed by atoms with van der Waals surface area (Å²) in [7, 11) is 0. The lowest BCUT2D eigenvalue weighted by atomic mass is 10.1. The molecule has 0 aliphatic carbocycles. The third-order valence-electron chi connectivity index (χ3n) is 3.87. The van der Waals surface area contributed by atoms with Gasteiger partial charge in [-0.05, 0) is 62.7 Å². The van der Waals surface area contributed by atoms with Gasteiger partial charge in [-0.25, -0.2) is 4.79 Å². The van der Waals surface area contributed by atoms with Crippen LogP contribution in [0.25, 0.3) is 0 Å². The molecule has 0 saturated carbocycles. The van der Waals surface area contributed by atoms with Crippen LogP contribution in [0.2, 0.25) is 0 Å². The van der Waals surface area contributed by atoms with Crippen LogP contribution in [0.5, 0.6) is 0 Å². The third kappa shape index (κ3) is 8.22. The molecule has 0 aromatic heterocycles. The van der Waals surface area contributed by atoms with E-state index in [0.717, 1.165) is 5.56 Å². The van der Waals surface area contributed by atoms with Crippen LogP contribution >= 0.6 is 0 Å². The van der Waals surface area contributed by atoms with E-state index >= 15 is 0 Å². The van der Waals surface area contributed by atoms with E-state index in [0.29, 0.717) is 23.5 Å². The molecular formula is C22H28N4O4. The maximum Gasteiger partial charge on any atom is 0.407 e. The maximum atomic E-state index is 12.3. The predicted molar refractivity (Wildman–Crippen MR) is 116 cm³/mol. The van der Waals surface area contributed by atoms with Gasteiger partial charge in [0, 0.05) is 36.4 Å². The van der Waals surface area contributed by atoms with Crippen molar-refractivity contribution in [2.45, 2.75) is 39.3 Å². The number of alkyl carbamates (subject to hydrolysis) is 1. The smallest absolute Gasteiger partial charge is 0.407 e. The zero-order valence-corrected chi connectivity index (χ0v) is 17.5. The molecule has 160 valence electrons. The number of rotatable bonds is 7. The van der Waals surface area contributed by atoms with Gasteiger partial charge in [0.15, 0.2) is 0 Å². The van der Waals surface area contributed by atoms with Crippen molar-refractivity contribution in [3.8, 4) is 0 Å². The molecule has 0 spiro atoms. The number of carbonyl (C=O) groups is 3. The van der Waals surface area contributed by atoms with E-state index in [4.69, 9.17) is 10.5 Å². The predicted octanol–water partition coefficient (Wildman–Crippen LogP) is 3.05. The molecule has 0 unspecified atom stereocenters. The van der Waals surface area contributed by atoms with Gasteiger partial charge in [0.25, 0.3) is 5.91 Å². The van der Waals surface area contributed by atoms with Crippen LogP contribution in [0.1, 0.15) is 43.1 Å². The second-order valence-electron chi connectivity index (χ2n) is 7.73. The number of nitrogens with one attached hydrogen (secondary N) is 3. The first-order valence-corrected chi connectivity index (χ1v) is 9.62. The Labute approximate surface area is 176 Å². The van der Waals surface area contributed by atoms with Gasteiger partial charge in [0.1, 0.15) is 5.60 Å². The lowest BCUT2D eigenvalue weighted by molar-refractivity contribution is -0.121. The minimum Gasteiger partial charge on any atom is -0.444 e. The third-order valence-corrected chi connectivity index (χ3v) is 3.87. The minimum absolute atomic E-state index is 0.132. The van der Waals surface area contributed by atoms with Crippen LogP contribution in [0, 0.1) is 0 Å². The second kappa shape index (κ2) is 10.3. The molecule has 0 saturated heterocycles. The van der Waals surface area contributed by atoms with Gasteiger partial charge < -0.3 is 26.4 Å². The molecule has 2 aromatic carbocycles. The van der Waals surface area contributed by atoms with Crippen LogP contribution in [0.4, 0.5) is 16.2 Å². The Hall–Kier alpha value is -3.55. The zero-order valence-electron chi connectivity index (χ0n) is 17.5. The van der Waals surface area contributed by atoms with Crippen LogP contribution in [-0.4, -0.2) is 30.1 Å². The highest BCUT2D eigenvalue weighted by Crippen LogP contribution is 2.13. The highest BCUT2D eigenvalue weighted by molar-refractivity contribution is 6.04. The summed E-state index contributed by atoms with van der Waals surface area (Å²) in [4.78, 5) is 35.8. The molecule has 8 nitrogen and oxygen atoms in total. The summed E-state index contributed by atoms with van der Waals surface area (Å²) in [6.45, 7) is 5.79. The average molecular weight is 412 g/mol. The molecule has 0 aliphatic heterocycles. The molecule has 0 radical (unpaired) electrons. The van der Waals surface area contributed by atoms with Gasteiger partial charge in [0.05, 0.1) is 0 Å². The van der Waals surface area contributed by atoms with Gasteiger partial charge in [0.2, 0.25) is 5.91 Å². The number of benzene rings is 2. The van der Waals surface area contributed by atoms with E-state index in [9.17, 15) is 14.4 Å². The molecule has 0 bridgehead atoms. The molecule has 0 fully saturated rings. The molecule has 0 aliphatic rings. The first kappa shape index (κ1) is 22.7. The fraction of sp³-hybridized carbons (Fsp3) is 0.318. The summed E-state index contributed by atoms with van der Waals surface area (Å²) in [6.07, 6.45) is -0.424. The van der Waals surface area contributed by atoms with E-state index in [1.165, 1.54) is 0 Å². The Morgan fingerprint density at radius 1 is 1.00 bits per heavy atom. The number of nitrogen functional groups attached to an aromatic ring is 1. The van der Waals surface area contributed by atoms with Crippen molar-refractivity contribution < 1.29 is 19.1 Å². The van der Waals surface area contributed by atoms with Crippen molar-refractivity contribution in [2.75, 3.05) is 17.6 Å². The summed E-state index contributed by atoms with van der Waals surface area (Å²) in [5.74, 6) is -0.452. The van der Waals surface area contributed by atoms with Gasteiger partial charge >= 0.3 is 6.09 Å². The van der Waals surface area contributed by atoms with Crippen LogP contribution < -0.4 is 21.7 Å². The zero-order chi connectivity index (χ0) is 22.1. The molecule has 2 rings (SSSR count). The van der Waals surface area contributed by atoms with Crippen molar-refractivity contribution in [2.24, 2.45) is 0 Å². The highest BCUT2D eigenvalue weighted by Gasteiger charge is 2.15. The van der Waals surface area contributed by atoms with E-state index < -0.39 is 11.7 Å². The highest BCUT2D eigenvalue weighted by atomic mass is 16.6. The van der Waals surface area contributed by atoms with E-state index in [2.05, 4.69) is 16.0 Å². The Kier molecular flexibility index (Phi) is 7.80. The summed E-state index contributed by atoms with van der Waals surface area (Å²) < 4.78 is 5.11. The Morgan fingerprint density at radius 3 is 2.37 bits per heavy atom. The average Bonchev–Trinajstić information content (AvgIpc) is 2.66. The lowest BCUT2D eigenvalue weighted by Gasteiger charge is -2.19. The first-order chi connectivity index (χ1) is 14.1. The topological polar surface area (TPSA) is 123 Å². The maximum absolute atomic E-state index is 12.3. The summed E-state index contributed by atoms with van der Waals surface area (Å²) in [5, 5.41) is 8.14. The Bertz CT molecular complexity index is 889. The molecule has 30 heavy (non-hydrogen) atoms. The van der Waals surface area contributed by atoms with Gasteiger partial charge in [-0.3, -0.25) is 9.59 Å². The van der Waals surface area contributed by atoms with Crippen LogP contribution in [-0.2, 0) is 16.1 Å². The van der Waals surface area contributed by atoms with Gasteiger partial charge in [-0.1, -0.05) is 12.1 Å². The van der Waals surface area contributed by atoms with E-state index in [-0.39, 0.29) is 24.8 Å². The monoisotopic (exact) mass is 412 g/mol. The number of amides is 3.